The lowest BCUT2D eigenvalue weighted by atomic mass is 10.1. The molecule has 2 aromatic rings. The topological polar surface area (TPSA) is 80.3 Å². The average molecular weight is 422 g/mol. The second kappa shape index (κ2) is 7.63. The van der Waals surface area contributed by atoms with Crippen molar-refractivity contribution in [3.8, 4) is 0 Å². The Hall–Kier alpha value is -1.12. The van der Waals surface area contributed by atoms with Gasteiger partial charge in [-0.2, -0.15) is 0 Å². The molecule has 25 heavy (non-hydrogen) atoms. The van der Waals surface area contributed by atoms with Crippen molar-refractivity contribution in [2.24, 2.45) is 0 Å². The minimum absolute atomic E-state index is 0.183. The summed E-state index contributed by atoms with van der Waals surface area (Å²) in [5, 5.41) is 0.647. The molecule has 0 aliphatic heterocycles. The Bertz CT molecular complexity index is 972. The molecule has 0 bridgehead atoms. The summed E-state index contributed by atoms with van der Waals surface area (Å²) in [5.41, 5.74) is 1.17. The number of halogens is 2. The minimum atomic E-state index is -3.62. The molecular formula is C16H17Cl2NO4S2. The van der Waals surface area contributed by atoms with Gasteiger partial charge >= 0.3 is 0 Å². The van der Waals surface area contributed by atoms with E-state index >= 15 is 0 Å². The molecule has 1 atom stereocenters. The molecule has 0 amide bonds. The number of hydrogen-bond donors (Lipinski definition) is 1. The fraction of sp³-hybridized carbons (Fsp3) is 0.250. The van der Waals surface area contributed by atoms with Crippen LogP contribution < -0.4 is 4.72 Å². The van der Waals surface area contributed by atoms with E-state index in [-0.39, 0.29) is 10.6 Å². The normalized spacial score (nSPS) is 13.6. The highest BCUT2D eigenvalue weighted by Gasteiger charge is 2.18. The fourth-order valence-corrected chi connectivity index (χ4v) is 4.56. The third-order valence-corrected chi connectivity index (χ3v) is 6.80. The lowest BCUT2D eigenvalue weighted by Crippen LogP contribution is -2.28. The molecule has 0 aliphatic carbocycles. The van der Waals surface area contributed by atoms with Crippen molar-refractivity contribution in [1.82, 2.24) is 4.72 Å². The zero-order valence-corrected chi connectivity index (χ0v) is 16.7. The highest BCUT2D eigenvalue weighted by molar-refractivity contribution is 7.90. The number of nitrogens with one attached hydrogen (secondary N) is 1. The summed E-state index contributed by atoms with van der Waals surface area (Å²) in [4.78, 5) is 0.183. The second-order valence-electron chi connectivity index (χ2n) is 5.69. The van der Waals surface area contributed by atoms with Crippen LogP contribution in [0.15, 0.2) is 47.4 Å². The predicted octanol–water partition coefficient (Wildman–Crippen LogP) is 3.58. The second-order valence-corrected chi connectivity index (χ2v) is 10.3. The van der Waals surface area contributed by atoms with Gasteiger partial charge in [-0.15, -0.1) is 0 Å². The molecule has 9 heteroatoms. The molecule has 136 valence electrons. The number of sulfone groups is 1. The molecule has 0 heterocycles. The first-order valence-corrected chi connectivity index (χ1v) is 11.5. The number of sulfonamides is 1. The molecule has 0 radical (unpaired) electrons. The molecule has 1 N–H and O–H groups in total. The van der Waals surface area contributed by atoms with Crippen LogP contribution in [0.4, 0.5) is 0 Å². The largest absolute Gasteiger partial charge is 0.224 e. The molecule has 5 nitrogen and oxygen atoms in total. The van der Waals surface area contributed by atoms with E-state index in [9.17, 15) is 16.8 Å². The van der Waals surface area contributed by atoms with Gasteiger partial charge in [-0.3, -0.25) is 0 Å². The summed E-state index contributed by atoms with van der Waals surface area (Å²) in [6.45, 7) is 1.68. The van der Waals surface area contributed by atoms with Crippen LogP contribution in [0.5, 0.6) is 0 Å². The maximum Gasteiger partial charge on any atom is 0.216 e. The van der Waals surface area contributed by atoms with Gasteiger partial charge in [0, 0.05) is 12.3 Å². The molecule has 0 aliphatic rings. The molecule has 0 saturated heterocycles. The lowest BCUT2D eigenvalue weighted by molar-refractivity contribution is 0.565. The van der Waals surface area contributed by atoms with Crippen molar-refractivity contribution in [2.45, 2.75) is 23.6 Å². The first kappa shape index (κ1) is 20.2. The summed E-state index contributed by atoms with van der Waals surface area (Å²) < 4.78 is 50.1. The van der Waals surface area contributed by atoms with Gasteiger partial charge in [-0.05, 0) is 42.3 Å². The van der Waals surface area contributed by atoms with Crippen LogP contribution in [0.25, 0.3) is 0 Å². The van der Waals surface area contributed by atoms with Gasteiger partial charge in [-0.25, -0.2) is 21.6 Å². The molecule has 0 aromatic heterocycles. The van der Waals surface area contributed by atoms with E-state index in [1.807, 2.05) is 0 Å². The van der Waals surface area contributed by atoms with Gasteiger partial charge in [0.2, 0.25) is 10.0 Å². The smallest absolute Gasteiger partial charge is 0.216 e. The zero-order valence-electron chi connectivity index (χ0n) is 13.5. The van der Waals surface area contributed by atoms with Crippen LogP contribution in [-0.2, 0) is 25.6 Å². The Morgan fingerprint density at radius 2 is 1.56 bits per heavy atom. The Labute approximate surface area is 157 Å². The van der Waals surface area contributed by atoms with Gasteiger partial charge in [-0.1, -0.05) is 41.4 Å². The van der Waals surface area contributed by atoms with Crippen molar-refractivity contribution in [1.29, 1.82) is 0 Å². The summed E-state index contributed by atoms with van der Waals surface area (Å²) in [6.07, 6.45) is 1.12. The van der Waals surface area contributed by atoms with E-state index in [2.05, 4.69) is 4.72 Å². The van der Waals surface area contributed by atoms with Crippen LogP contribution in [0.1, 0.15) is 24.1 Å². The van der Waals surface area contributed by atoms with E-state index in [0.717, 1.165) is 6.26 Å². The van der Waals surface area contributed by atoms with Crippen LogP contribution in [0, 0.1) is 0 Å². The minimum Gasteiger partial charge on any atom is -0.224 e. The summed E-state index contributed by atoms with van der Waals surface area (Å²) >= 11 is 11.7. The van der Waals surface area contributed by atoms with Crippen molar-refractivity contribution in [2.75, 3.05) is 6.26 Å². The zero-order chi connectivity index (χ0) is 18.8. The van der Waals surface area contributed by atoms with Crippen LogP contribution in [0.3, 0.4) is 0 Å². The lowest BCUT2D eigenvalue weighted by Gasteiger charge is -2.15. The average Bonchev–Trinajstić information content (AvgIpc) is 2.49. The van der Waals surface area contributed by atoms with Gasteiger partial charge in [0.25, 0.3) is 0 Å². The number of hydrogen-bond acceptors (Lipinski definition) is 4. The van der Waals surface area contributed by atoms with Gasteiger partial charge < -0.3 is 0 Å². The quantitative estimate of drug-likeness (QED) is 0.772. The third-order valence-electron chi connectivity index (χ3n) is 3.51. The van der Waals surface area contributed by atoms with Crippen molar-refractivity contribution < 1.29 is 16.8 Å². The summed E-state index contributed by atoms with van der Waals surface area (Å²) in [6, 6.07) is 10.2. The van der Waals surface area contributed by atoms with Crippen LogP contribution >= 0.6 is 23.2 Å². The first-order valence-electron chi connectivity index (χ1n) is 7.22. The SMILES string of the molecule is C[C@H](NS(=O)(=O)Cc1ccc(Cl)c(Cl)c1)c1ccc(S(C)(=O)=O)cc1. The molecular weight excluding hydrogens is 405 g/mol. The third kappa shape index (κ3) is 5.69. The van der Waals surface area contributed by atoms with E-state index in [1.165, 1.54) is 18.2 Å². The monoisotopic (exact) mass is 421 g/mol. The highest BCUT2D eigenvalue weighted by atomic mass is 35.5. The van der Waals surface area contributed by atoms with Crippen LogP contribution in [0.2, 0.25) is 10.0 Å². The van der Waals surface area contributed by atoms with E-state index in [0.29, 0.717) is 21.2 Å². The van der Waals surface area contributed by atoms with Gasteiger partial charge in [0.1, 0.15) is 0 Å². The molecule has 0 fully saturated rings. The molecule has 0 saturated carbocycles. The maximum atomic E-state index is 12.3. The van der Waals surface area contributed by atoms with Crippen LogP contribution in [-0.4, -0.2) is 23.1 Å². The summed E-state index contributed by atoms with van der Waals surface area (Å²) in [7, 11) is -6.91. The van der Waals surface area contributed by atoms with Crippen molar-refractivity contribution in [3.05, 3.63) is 63.6 Å². The molecule has 0 spiro atoms. The highest BCUT2D eigenvalue weighted by Crippen LogP contribution is 2.24. The van der Waals surface area contributed by atoms with E-state index in [4.69, 9.17) is 23.2 Å². The first-order chi connectivity index (χ1) is 11.5. The molecule has 0 unspecified atom stereocenters. The van der Waals surface area contributed by atoms with E-state index in [1.54, 1.807) is 31.2 Å². The molecule has 2 aromatic carbocycles. The van der Waals surface area contributed by atoms with Crippen molar-refractivity contribution in [3.63, 3.8) is 0 Å². The Morgan fingerprint density at radius 1 is 0.960 bits per heavy atom. The van der Waals surface area contributed by atoms with Gasteiger partial charge in [0.15, 0.2) is 9.84 Å². The van der Waals surface area contributed by atoms with Gasteiger partial charge in [0.05, 0.1) is 20.7 Å². The van der Waals surface area contributed by atoms with E-state index < -0.39 is 25.9 Å². The maximum absolute atomic E-state index is 12.3. The van der Waals surface area contributed by atoms with Crippen molar-refractivity contribution >= 4 is 43.1 Å². The Morgan fingerprint density at radius 3 is 2.08 bits per heavy atom. The molecule has 2 rings (SSSR count). The fourth-order valence-electron chi connectivity index (χ4n) is 2.23. The summed E-state index contributed by atoms with van der Waals surface area (Å²) in [5.74, 6) is -0.240. The number of benzene rings is 2. The Balaban J connectivity index is 2.12. The predicted molar refractivity (Wildman–Crippen MR) is 100 cm³/mol. The Kier molecular flexibility index (Phi) is 6.17. The number of rotatable bonds is 6. The standard InChI is InChI=1S/C16H17Cl2NO4S2/c1-11(13-4-6-14(7-5-13)24(2,20)21)19-25(22,23)10-12-3-8-15(17)16(18)9-12/h3-9,11,19H,10H2,1-2H3/t11-/m0/s1.